The van der Waals surface area contributed by atoms with Crippen LogP contribution in [0.25, 0.3) is 0 Å². The minimum atomic E-state index is 0.152. The summed E-state index contributed by atoms with van der Waals surface area (Å²) in [5, 5.41) is 8.15. The average Bonchev–Trinajstić information content (AvgIpc) is 3.18. The van der Waals surface area contributed by atoms with E-state index in [1.165, 1.54) is 0 Å². The number of nitrogens with zero attached hydrogens (tertiary/aromatic N) is 4. The highest BCUT2D eigenvalue weighted by molar-refractivity contribution is 5.79. The third-order valence-corrected chi connectivity index (χ3v) is 4.16. The molecule has 0 saturated carbocycles. The van der Waals surface area contributed by atoms with Gasteiger partial charge in [-0.2, -0.15) is 5.10 Å². The average molecular weight is 288 g/mol. The lowest BCUT2D eigenvalue weighted by atomic mass is 10.1. The maximum absolute atomic E-state index is 12.6. The van der Waals surface area contributed by atoms with Crippen LogP contribution >= 0.6 is 0 Å². The van der Waals surface area contributed by atoms with Crippen LogP contribution in [0.2, 0.25) is 0 Å². The minimum Gasteiger partial charge on any atom is -0.361 e. The topological polar surface area (TPSA) is 64.2 Å². The molecule has 1 fully saturated rings. The summed E-state index contributed by atoms with van der Waals surface area (Å²) >= 11 is 0. The molecule has 0 aliphatic carbocycles. The predicted octanol–water partition coefficient (Wildman–Crippen LogP) is 1.72. The molecular formula is C15H20N4O2. The zero-order valence-corrected chi connectivity index (χ0v) is 12.5. The molecule has 0 N–H and O–H groups in total. The van der Waals surface area contributed by atoms with E-state index in [-0.39, 0.29) is 11.9 Å². The summed E-state index contributed by atoms with van der Waals surface area (Å²) in [6, 6.07) is 2.14. The molecule has 21 heavy (non-hydrogen) atoms. The summed E-state index contributed by atoms with van der Waals surface area (Å²) in [4.78, 5) is 14.6. The quantitative estimate of drug-likeness (QED) is 0.859. The van der Waals surface area contributed by atoms with Crippen LogP contribution in [0.4, 0.5) is 0 Å². The zero-order chi connectivity index (χ0) is 14.8. The molecule has 2 aromatic rings. The van der Waals surface area contributed by atoms with Crippen molar-refractivity contribution in [3.8, 4) is 0 Å². The maximum Gasteiger partial charge on any atom is 0.227 e. The van der Waals surface area contributed by atoms with Crippen LogP contribution in [0.1, 0.15) is 29.9 Å². The summed E-state index contributed by atoms with van der Waals surface area (Å²) in [5.74, 6) is 0.891. The molecule has 6 nitrogen and oxygen atoms in total. The second-order valence-electron chi connectivity index (χ2n) is 5.59. The van der Waals surface area contributed by atoms with Gasteiger partial charge < -0.3 is 9.42 Å². The van der Waals surface area contributed by atoms with Crippen molar-refractivity contribution in [1.82, 2.24) is 19.8 Å². The molecule has 0 radical (unpaired) electrons. The molecule has 1 saturated heterocycles. The number of hydrogen-bond acceptors (Lipinski definition) is 4. The van der Waals surface area contributed by atoms with Crippen molar-refractivity contribution in [2.24, 2.45) is 0 Å². The van der Waals surface area contributed by atoms with Crippen LogP contribution in [0.5, 0.6) is 0 Å². The number of rotatable bonds is 4. The Morgan fingerprint density at radius 1 is 1.48 bits per heavy atom. The summed E-state index contributed by atoms with van der Waals surface area (Å²) in [6.07, 6.45) is 6.17. The monoisotopic (exact) mass is 288 g/mol. The van der Waals surface area contributed by atoms with Gasteiger partial charge in [0.25, 0.3) is 0 Å². The zero-order valence-electron chi connectivity index (χ0n) is 12.5. The number of carbonyl (C=O) groups is 1. The summed E-state index contributed by atoms with van der Waals surface area (Å²) in [5.41, 5.74) is 1.73. The van der Waals surface area contributed by atoms with E-state index in [4.69, 9.17) is 4.52 Å². The van der Waals surface area contributed by atoms with E-state index >= 15 is 0 Å². The number of carbonyl (C=O) groups excluding carboxylic acids is 1. The van der Waals surface area contributed by atoms with Gasteiger partial charge in [0.1, 0.15) is 5.76 Å². The Kier molecular flexibility index (Phi) is 3.77. The molecule has 6 heteroatoms. The van der Waals surface area contributed by atoms with Gasteiger partial charge in [-0.25, -0.2) is 0 Å². The lowest BCUT2D eigenvalue weighted by molar-refractivity contribution is -0.131. The van der Waals surface area contributed by atoms with E-state index < -0.39 is 0 Å². The molecule has 0 unspecified atom stereocenters. The number of aryl methyl sites for hydroxylation is 2. The molecular weight excluding hydrogens is 268 g/mol. The van der Waals surface area contributed by atoms with Gasteiger partial charge in [0.2, 0.25) is 5.91 Å². The predicted molar refractivity (Wildman–Crippen MR) is 76.6 cm³/mol. The normalized spacial score (nSPS) is 18.4. The first-order valence-electron chi connectivity index (χ1n) is 7.34. The third kappa shape index (κ3) is 2.84. The molecule has 1 atom stereocenters. The van der Waals surface area contributed by atoms with Crippen molar-refractivity contribution in [3.05, 3.63) is 35.5 Å². The molecule has 0 bridgehead atoms. The number of aromatic nitrogens is 3. The maximum atomic E-state index is 12.6. The van der Waals surface area contributed by atoms with E-state index in [1.54, 1.807) is 6.20 Å². The molecule has 0 spiro atoms. The van der Waals surface area contributed by atoms with E-state index in [1.807, 2.05) is 35.7 Å². The largest absolute Gasteiger partial charge is 0.361 e. The summed E-state index contributed by atoms with van der Waals surface area (Å²) < 4.78 is 7.03. The fourth-order valence-electron chi connectivity index (χ4n) is 2.99. The Labute approximate surface area is 123 Å². The van der Waals surface area contributed by atoms with E-state index in [2.05, 4.69) is 10.3 Å². The van der Waals surface area contributed by atoms with Gasteiger partial charge >= 0.3 is 0 Å². The second kappa shape index (κ2) is 5.71. The number of likely N-dealkylation sites (tertiary alicyclic amines) is 1. The first-order chi connectivity index (χ1) is 10.1. The van der Waals surface area contributed by atoms with E-state index in [9.17, 15) is 4.79 Å². The first kappa shape index (κ1) is 13.9. The number of hydrogen-bond donors (Lipinski definition) is 0. The highest BCUT2D eigenvalue weighted by Gasteiger charge is 2.30. The highest BCUT2D eigenvalue weighted by atomic mass is 16.5. The second-order valence-corrected chi connectivity index (χ2v) is 5.59. The molecule has 1 aliphatic rings. The lowest BCUT2D eigenvalue weighted by Gasteiger charge is -2.24. The molecule has 2 aromatic heterocycles. The van der Waals surface area contributed by atoms with Gasteiger partial charge in [0.15, 0.2) is 0 Å². The molecule has 112 valence electrons. The first-order valence-corrected chi connectivity index (χ1v) is 7.34. The smallest absolute Gasteiger partial charge is 0.227 e. The molecule has 3 rings (SSSR count). The van der Waals surface area contributed by atoms with E-state index in [0.29, 0.717) is 6.42 Å². The third-order valence-electron chi connectivity index (χ3n) is 4.16. The van der Waals surface area contributed by atoms with Crippen molar-refractivity contribution in [3.63, 3.8) is 0 Å². The summed E-state index contributed by atoms with van der Waals surface area (Å²) in [7, 11) is 0. The van der Waals surface area contributed by atoms with Crippen LogP contribution in [-0.2, 0) is 17.8 Å². The summed E-state index contributed by atoms with van der Waals surface area (Å²) in [6.45, 7) is 5.33. The van der Waals surface area contributed by atoms with Crippen molar-refractivity contribution in [1.29, 1.82) is 0 Å². The minimum absolute atomic E-state index is 0.152. The van der Waals surface area contributed by atoms with Gasteiger partial charge in [0, 0.05) is 24.5 Å². The Morgan fingerprint density at radius 3 is 3.00 bits per heavy atom. The highest BCUT2D eigenvalue weighted by Crippen LogP contribution is 2.21. The van der Waals surface area contributed by atoms with Gasteiger partial charge in [-0.05, 0) is 32.8 Å². The number of amides is 1. The molecule has 1 amide bonds. The fraction of sp³-hybridized carbons (Fsp3) is 0.533. The van der Waals surface area contributed by atoms with Crippen LogP contribution in [0.3, 0.4) is 0 Å². The van der Waals surface area contributed by atoms with Crippen molar-refractivity contribution in [2.75, 3.05) is 6.54 Å². The molecule has 1 aliphatic heterocycles. The Hall–Kier alpha value is -2.11. The molecule has 3 heterocycles. The lowest BCUT2D eigenvalue weighted by Crippen LogP contribution is -2.39. The fourth-order valence-corrected chi connectivity index (χ4v) is 2.99. The van der Waals surface area contributed by atoms with Gasteiger partial charge in [-0.1, -0.05) is 5.16 Å². The Morgan fingerprint density at radius 2 is 2.33 bits per heavy atom. The molecule has 0 aromatic carbocycles. The SMILES string of the molecule is Cc1noc(C)c1CC(=O)N1CCC[C@@H]1Cn1cccn1. The van der Waals surface area contributed by atoms with Crippen molar-refractivity contribution in [2.45, 2.75) is 45.7 Å². The van der Waals surface area contributed by atoms with Gasteiger partial charge in [0.05, 0.1) is 24.7 Å². The van der Waals surface area contributed by atoms with Crippen LogP contribution < -0.4 is 0 Å². The van der Waals surface area contributed by atoms with Crippen LogP contribution in [0, 0.1) is 13.8 Å². The standard InChI is InChI=1S/C15H20N4O2/c1-11-14(12(2)21-17-11)9-15(20)19-8-3-5-13(19)10-18-7-4-6-16-18/h4,6-7,13H,3,5,8-10H2,1-2H3/t13-/m1/s1. The van der Waals surface area contributed by atoms with Crippen molar-refractivity contribution >= 4 is 5.91 Å². The van der Waals surface area contributed by atoms with Crippen molar-refractivity contribution < 1.29 is 9.32 Å². The van der Waals surface area contributed by atoms with Crippen LogP contribution in [0.15, 0.2) is 23.0 Å². The van der Waals surface area contributed by atoms with Gasteiger partial charge in [-0.3, -0.25) is 9.48 Å². The van der Waals surface area contributed by atoms with Gasteiger partial charge in [-0.15, -0.1) is 0 Å². The Balaban J connectivity index is 1.68. The van der Waals surface area contributed by atoms with Crippen LogP contribution in [-0.4, -0.2) is 38.3 Å². The Bertz CT molecular complexity index is 598. The van der Waals surface area contributed by atoms with E-state index in [0.717, 1.165) is 42.9 Å².